The Morgan fingerprint density at radius 1 is 1.24 bits per heavy atom. The van der Waals surface area contributed by atoms with Gasteiger partial charge in [-0.25, -0.2) is 0 Å². The summed E-state index contributed by atoms with van der Waals surface area (Å²) >= 11 is 0. The van der Waals surface area contributed by atoms with Crippen molar-refractivity contribution in [1.82, 2.24) is 10.2 Å². The first-order valence-electron chi connectivity index (χ1n) is 6.49. The number of aliphatic hydroxyl groups excluding tert-OH is 1. The fraction of sp³-hybridized carbons (Fsp3) is 1.00. The molecule has 1 aliphatic rings. The highest BCUT2D eigenvalue weighted by Crippen LogP contribution is 1.96. The van der Waals surface area contributed by atoms with Gasteiger partial charge in [-0.3, -0.25) is 4.90 Å². The van der Waals surface area contributed by atoms with Gasteiger partial charge in [0.1, 0.15) is 0 Å². The van der Waals surface area contributed by atoms with Crippen molar-refractivity contribution in [3.05, 3.63) is 0 Å². The fourth-order valence-corrected chi connectivity index (χ4v) is 1.81. The predicted molar refractivity (Wildman–Crippen MR) is 67.2 cm³/mol. The number of aliphatic hydroxyl groups is 1. The van der Waals surface area contributed by atoms with Gasteiger partial charge in [0.2, 0.25) is 0 Å². The van der Waals surface area contributed by atoms with Crippen LogP contribution in [0.25, 0.3) is 0 Å². The first kappa shape index (κ1) is 14.9. The monoisotopic (exact) mass is 246 g/mol. The molecule has 17 heavy (non-hydrogen) atoms. The van der Waals surface area contributed by atoms with Gasteiger partial charge in [0.25, 0.3) is 0 Å². The third-order valence-corrected chi connectivity index (χ3v) is 2.67. The van der Waals surface area contributed by atoms with Gasteiger partial charge in [-0.1, -0.05) is 0 Å². The van der Waals surface area contributed by atoms with Crippen molar-refractivity contribution >= 4 is 0 Å². The zero-order chi connectivity index (χ0) is 12.5. The highest BCUT2D eigenvalue weighted by Gasteiger charge is 2.14. The Labute approximate surface area is 104 Å². The van der Waals surface area contributed by atoms with E-state index in [1.165, 1.54) is 0 Å². The standard InChI is InChI=1S/C12H26N2O3/c1-11(2)17-8-7-16-10-12(15)9-14-5-3-13-4-6-14/h11-13,15H,3-10H2,1-2H3. The van der Waals surface area contributed by atoms with Crippen LogP contribution in [0, 0.1) is 0 Å². The van der Waals surface area contributed by atoms with E-state index < -0.39 is 6.10 Å². The Bertz CT molecular complexity index is 185. The molecule has 0 radical (unpaired) electrons. The van der Waals surface area contributed by atoms with E-state index in [1.807, 2.05) is 13.8 Å². The van der Waals surface area contributed by atoms with Crippen LogP contribution < -0.4 is 5.32 Å². The number of hydrogen-bond donors (Lipinski definition) is 2. The third kappa shape index (κ3) is 7.68. The van der Waals surface area contributed by atoms with Crippen molar-refractivity contribution in [2.75, 3.05) is 52.5 Å². The van der Waals surface area contributed by atoms with Gasteiger partial charge in [-0.15, -0.1) is 0 Å². The molecule has 1 rings (SSSR count). The van der Waals surface area contributed by atoms with Crippen molar-refractivity contribution in [3.8, 4) is 0 Å². The number of ether oxygens (including phenoxy) is 2. The third-order valence-electron chi connectivity index (χ3n) is 2.67. The SMILES string of the molecule is CC(C)OCCOCC(O)CN1CCNCC1. The average Bonchev–Trinajstić information content (AvgIpc) is 2.29. The summed E-state index contributed by atoms with van der Waals surface area (Å²) in [6, 6.07) is 0. The number of hydrogen-bond acceptors (Lipinski definition) is 5. The molecular weight excluding hydrogens is 220 g/mol. The number of β-amino-alcohol motifs (C(OH)–C–C–N with tert-alkyl or cyclic N) is 1. The molecule has 1 unspecified atom stereocenters. The van der Waals surface area contributed by atoms with Gasteiger partial charge in [-0.2, -0.15) is 0 Å². The number of rotatable bonds is 8. The molecule has 1 fully saturated rings. The van der Waals surface area contributed by atoms with Gasteiger partial charge in [0.05, 0.1) is 32.0 Å². The van der Waals surface area contributed by atoms with E-state index in [2.05, 4.69) is 10.2 Å². The molecule has 0 bridgehead atoms. The Hall–Kier alpha value is -0.200. The number of nitrogens with one attached hydrogen (secondary N) is 1. The zero-order valence-electron chi connectivity index (χ0n) is 11.0. The molecule has 1 heterocycles. The topological polar surface area (TPSA) is 54.0 Å². The summed E-state index contributed by atoms with van der Waals surface area (Å²) in [4.78, 5) is 2.26. The summed E-state index contributed by atoms with van der Waals surface area (Å²) in [5.74, 6) is 0. The molecule has 1 aliphatic heterocycles. The fourth-order valence-electron chi connectivity index (χ4n) is 1.81. The highest BCUT2D eigenvalue weighted by atomic mass is 16.5. The lowest BCUT2D eigenvalue weighted by Crippen LogP contribution is -2.47. The molecule has 2 N–H and O–H groups in total. The van der Waals surface area contributed by atoms with Gasteiger partial charge in [-0.05, 0) is 13.8 Å². The summed E-state index contributed by atoms with van der Waals surface area (Å²) in [6.45, 7) is 10.3. The molecule has 1 saturated heterocycles. The second-order valence-corrected chi connectivity index (χ2v) is 4.70. The second kappa shape index (κ2) is 8.83. The van der Waals surface area contributed by atoms with Crippen molar-refractivity contribution in [2.45, 2.75) is 26.1 Å². The molecule has 5 heteroatoms. The molecule has 0 aromatic heterocycles. The van der Waals surface area contributed by atoms with E-state index in [-0.39, 0.29) is 6.10 Å². The molecule has 102 valence electrons. The normalized spacial score (nSPS) is 19.8. The van der Waals surface area contributed by atoms with Crippen LogP contribution in [0.3, 0.4) is 0 Å². The number of nitrogens with zero attached hydrogens (tertiary/aromatic N) is 1. The molecule has 0 aliphatic carbocycles. The summed E-state index contributed by atoms with van der Waals surface area (Å²) in [7, 11) is 0. The van der Waals surface area contributed by atoms with Crippen LogP contribution in [0.5, 0.6) is 0 Å². The van der Waals surface area contributed by atoms with Crippen molar-refractivity contribution < 1.29 is 14.6 Å². The van der Waals surface area contributed by atoms with Crippen LogP contribution in [-0.2, 0) is 9.47 Å². The van der Waals surface area contributed by atoms with E-state index in [0.717, 1.165) is 26.2 Å². The van der Waals surface area contributed by atoms with E-state index in [1.54, 1.807) is 0 Å². The average molecular weight is 246 g/mol. The van der Waals surface area contributed by atoms with Crippen LogP contribution in [-0.4, -0.2) is 74.8 Å². The molecule has 1 atom stereocenters. The lowest BCUT2D eigenvalue weighted by molar-refractivity contribution is -0.0194. The van der Waals surface area contributed by atoms with E-state index in [0.29, 0.717) is 26.4 Å². The molecule has 0 spiro atoms. The predicted octanol–water partition coefficient (Wildman–Crippen LogP) is -0.306. The second-order valence-electron chi connectivity index (χ2n) is 4.70. The minimum atomic E-state index is -0.396. The highest BCUT2D eigenvalue weighted by molar-refractivity contribution is 4.70. The lowest BCUT2D eigenvalue weighted by atomic mass is 10.3. The van der Waals surface area contributed by atoms with Crippen molar-refractivity contribution in [3.63, 3.8) is 0 Å². The van der Waals surface area contributed by atoms with Gasteiger partial charge >= 0.3 is 0 Å². The van der Waals surface area contributed by atoms with E-state index in [4.69, 9.17) is 9.47 Å². The molecule has 5 nitrogen and oxygen atoms in total. The quantitative estimate of drug-likeness (QED) is 0.576. The zero-order valence-corrected chi connectivity index (χ0v) is 11.0. The maximum atomic E-state index is 9.78. The minimum Gasteiger partial charge on any atom is -0.389 e. The summed E-state index contributed by atoms with van der Waals surface area (Å²) < 4.78 is 10.7. The van der Waals surface area contributed by atoms with Gasteiger partial charge < -0.3 is 19.9 Å². The van der Waals surface area contributed by atoms with Crippen LogP contribution in [0.4, 0.5) is 0 Å². The first-order valence-corrected chi connectivity index (χ1v) is 6.49. The van der Waals surface area contributed by atoms with Gasteiger partial charge in [0.15, 0.2) is 0 Å². The Morgan fingerprint density at radius 2 is 1.94 bits per heavy atom. The smallest absolute Gasteiger partial charge is 0.0900 e. The van der Waals surface area contributed by atoms with Crippen LogP contribution >= 0.6 is 0 Å². The maximum Gasteiger partial charge on any atom is 0.0900 e. The maximum absolute atomic E-state index is 9.78. The van der Waals surface area contributed by atoms with Crippen LogP contribution in [0.1, 0.15) is 13.8 Å². The largest absolute Gasteiger partial charge is 0.389 e. The summed E-state index contributed by atoms with van der Waals surface area (Å²) in [5, 5.41) is 13.1. The molecular formula is C12H26N2O3. The Morgan fingerprint density at radius 3 is 2.59 bits per heavy atom. The van der Waals surface area contributed by atoms with Crippen molar-refractivity contribution in [1.29, 1.82) is 0 Å². The van der Waals surface area contributed by atoms with Gasteiger partial charge in [0, 0.05) is 32.7 Å². The van der Waals surface area contributed by atoms with Crippen LogP contribution in [0.15, 0.2) is 0 Å². The lowest BCUT2D eigenvalue weighted by Gasteiger charge is -2.28. The summed E-state index contributed by atoms with van der Waals surface area (Å²) in [5.41, 5.74) is 0. The van der Waals surface area contributed by atoms with E-state index >= 15 is 0 Å². The molecule has 0 amide bonds. The first-order chi connectivity index (χ1) is 8.18. The van der Waals surface area contributed by atoms with Crippen molar-refractivity contribution in [2.24, 2.45) is 0 Å². The Balaban J connectivity index is 1.95. The minimum absolute atomic E-state index is 0.240. The molecule has 0 saturated carbocycles. The Kier molecular flexibility index (Phi) is 7.72. The number of piperazine rings is 1. The summed E-state index contributed by atoms with van der Waals surface area (Å²) in [6.07, 6.45) is -0.156. The molecule has 0 aromatic rings. The molecule has 0 aromatic carbocycles. The van der Waals surface area contributed by atoms with E-state index in [9.17, 15) is 5.11 Å². The van der Waals surface area contributed by atoms with Crippen LogP contribution in [0.2, 0.25) is 0 Å².